The Morgan fingerprint density at radius 2 is 2.24 bits per heavy atom. The van der Waals surface area contributed by atoms with Gasteiger partial charge in [-0.05, 0) is 37.6 Å². The second kappa shape index (κ2) is 7.54. The summed E-state index contributed by atoms with van der Waals surface area (Å²) in [5, 5.41) is 15.6. The van der Waals surface area contributed by atoms with Crippen LogP contribution in [-0.4, -0.2) is 36.4 Å². The normalized spacial score (nSPS) is 12.4. The third-order valence-electron chi connectivity index (χ3n) is 3.20. The summed E-state index contributed by atoms with van der Waals surface area (Å²) < 4.78 is 5.28. The fourth-order valence-corrected chi connectivity index (χ4v) is 2.91. The van der Waals surface area contributed by atoms with Gasteiger partial charge < -0.3 is 15.2 Å². The molecular weight excluding hydrogens is 284 g/mol. The van der Waals surface area contributed by atoms with Crippen LogP contribution in [0.1, 0.15) is 17.5 Å². The van der Waals surface area contributed by atoms with Gasteiger partial charge in [0, 0.05) is 30.5 Å². The van der Waals surface area contributed by atoms with Crippen LogP contribution in [0.5, 0.6) is 5.75 Å². The van der Waals surface area contributed by atoms with Gasteiger partial charge >= 0.3 is 0 Å². The Hall–Kier alpha value is -1.43. The fraction of sp³-hybridized carbons (Fsp3) is 0.438. The summed E-state index contributed by atoms with van der Waals surface area (Å²) in [5.74, 6) is 0.900. The molecule has 5 heteroatoms. The Bertz CT molecular complexity index is 581. The van der Waals surface area contributed by atoms with E-state index in [0.717, 1.165) is 40.5 Å². The Morgan fingerprint density at radius 1 is 1.43 bits per heavy atom. The first-order chi connectivity index (χ1) is 10.1. The lowest BCUT2D eigenvalue weighted by Gasteiger charge is -2.06. The molecule has 1 atom stereocenters. The lowest BCUT2D eigenvalue weighted by atomic mass is 10.1. The summed E-state index contributed by atoms with van der Waals surface area (Å²) in [7, 11) is 1.68. The molecule has 1 aromatic heterocycles. The highest BCUT2D eigenvalue weighted by Crippen LogP contribution is 2.27. The first-order valence-corrected chi connectivity index (χ1v) is 7.96. The molecule has 0 saturated heterocycles. The zero-order valence-electron chi connectivity index (χ0n) is 12.7. The van der Waals surface area contributed by atoms with Crippen molar-refractivity contribution in [3.8, 4) is 17.0 Å². The number of aryl methyl sites for hydroxylation is 1. The third kappa shape index (κ3) is 4.52. The first kappa shape index (κ1) is 15.9. The summed E-state index contributed by atoms with van der Waals surface area (Å²) in [6.45, 7) is 5.27. The molecule has 2 N–H and O–H groups in total. The number of nitrogens with zero attached hydrogens (tertiary/aromatic N) is 1. The van der Waals surface area contributed by atoms with Gasteiger partial charge in [-0.3, -0.25) is 0 Å². The first-order valence-electron chi connectivity index (χ1n) is 7.08. The number of ether oxygens (including phenoxy) is 1. The molecule has 1 heterocycles. The molecule has 0 radical (unpaired) electrons. The molecule has 0 aliphatic carbocycles. The van der Waals surface area contributed by atoms with Crippen molar-refractivity contribution in [1.29, 1.82) is 0 Å². The van der Waals surface area contributed by atoms with Crippen LogP contribution < -0.4 is 10.1 Å². The number of aliphatic hydroxyl groups excluding tert-OH is 1. The van der Waals surface area contributed by atoms with Gasteiger partial charge in [-0.15, -0.1) is 11.3 Å². The molecule has 4 nitrogen and oxygen atoms in total. The maximum Gasteiger partial charge on any atom is 0.121 e. The molecule has 0 aliphatic heterocycles. The average molecular weight is 306 g/mol. The zero-order chi connectivity index (χ0) is 15.2. The summed E-state index contributed by atoms with van der Waals surface area (Å²) in [4.78, 5) is 4.67. The van der Waals surface area contributed by atoms with E-state index in [2.05, 4.69) is 21.7 Å². The van der Waals surface area contributed by atoms with Crippen molar-refractivity contribution in [2.75, 3.05) is 20.2 Å². The fourth-order valence-electron chi connectivity index (χ4n) is 2.10. The molecule has 114 valence electrons. The summed E-state index contributed by atoms with van der Waals surface area (Å²) in [5.41, 5.74) is 3.24. The van der Waals surface area contributed by atoms with Crippen molar-refractivity contribution in [3.63, 3.8) is 0 Å². The van der Waals surface area contributed by atoms with Crippen LogP contribution in [0, 0.1) is 6.92 Å². The van der Waals surface area contributed by atoms with E-state index >= 15 is 0 Å². The smallest absolute Gasteiger partial charge is 0.121 e. The van der Waals surface area contributed by atoms with Crippen LogP contribution in [0.2, 0.25) is 0 Å². The predicted molar refractivity (Wildman–Crippen MR) is 87.1 cm³/mol. The monoisotopic (exact) mass is 306 g/mol. The highest BCUT2D eigenvalue weighted by Gasteiger charge is 2.07. The summed E-state index contributed by atoms with van der Waals surface area (Å²) in [6, 6.07) is 6.12. The van der Waals surface area contributed by atoms with Crippen LogP contribution in [0.3, 0.4) is 0 Å². The number of rotatable bonds is 7. The topological polar surface area (TPSA) is 54.4 Å². The molecule has 21 heavy (non-hydrogen) atoms. The van der Waals surface area contributed by atoms with Crippen LogP contribution in [0.25, 0.3) is 11.3 Å². The molecule has 0 aliphatic rings. The number of nitrogens with one attached hydrogen (secondary N) is 1. The molecule has 1 aromatic carbocycles. The SMILES string of the molecule is COc1ccc(-c2csc(CCNCC(C)O)n2)cc1C. The maximum atomic E-state index is 9.19. The van der Waals surface area contributed by atoms with E-state index in [0.29, 0.717) is 6.54 Å². The Balaban J connectivity index is 1.97. The van der Waals surface area contributed by atoms with E-state index in [4.69, 9.17) is 4.74 Å². The second-order valence-electron chi connectivity index (χ2n) is 5.11. The van der Waals surface area contributed by atoms with Gasteiger partial charge in [0.05, 0.1) is 23.9 Å². The number of benzene rings is 1. The molecule has 0 saturated carbocycles. The number of thiazole rings is 1. The van der Waals surface area contributed by atoms with Gasteiger partial charge in [0.15, 0.2) is 0 Å². The van der Waals surface area contributed by atoms with Crippen LogP contribution in [-0.2, 0) is 6.42 Å². The van der Waals surface area contributed by atoms with Crippen molar-refractivity contribution >= 4 is 11.3 Å². The molecule has 2 aromatic rings. The maximum absolute atomic E-state index is 9.19. The molecule has 0 amide bonds. The highest BCUT2D eigenvalue weighted by molar-refractivity contribution is 7.09. The number of methoxy groups -OCH3 is 1. The minimum Gasteiger partial charge on any atom is -0.496 e. The standard InChI is InChI=1S/C16H22N2O2S/c1-11-8-13(4-5-15(11)20-3)14-10-21-16(18-14)6-7-17-9-12(2)19/h4-5,8,10,12,17,19H,6-7,9H2,1-3H3. The molecule has 0 spiro atoms. The van der Waals surface area contributed by atoms with Crippen molar-refractivity contribution in [3.05, 3.63) is 34.2 Å². The van der Waals surface area contributed by atoms with Crippen LogP contribution in [0.15, 0.2) is 23.6 Å². The van der Waals surface area contributed by atoms with E-state index in [1.807, 2.05) is 19.1 Å². The number of aliphatic hydroxyl groups is 1. The van der Waals surface area contributed by atoms with Crippen molar-refractivity contribution in [2.45, 2.75) is 26.4 Å². The van der Waals surface area contributed by atoms with E-state index in [-0.39, 0.29) is 6.10 Å². The second-order valence-corrected chi connectivity index (χ2v) is 6.06. The van der Waals surface area contributed by atoms with Crippen molar-refractivity contribution in [2.24, 2.45) is 0 Å². The lowest BCUT2D eigenvalue weighted by molar-refractivity contribution is 0.191. The Labute approximate surface area is 129 Å². The van der Waals surface area contributed by atoms with E-state index < -0.39 is 0 Å². The Morgan fingerprint density at radius 3 is 2.90 bits per heavy atom. The van der Waals surface area contributed by atoms with Crippen molar-refractivity contribution < 1.29 is 9.84 Å². The number of hydrogen-bond donors (Lipinski definition) is 2. The number of aromatic nitrogens is 1. The quantitative estimate of drug-likeness (QED) is 0.772. The zero-order valence-corrected chi connectivity index (χ0v) is 13.5. The minimum atomic E-state index is -0.306. The molecule has 1 unspecified atom stereocenters. The van der Waals surface area contributed by atoms with E-state index in [1.165, 1.54) is 0 Å². The summed E-state index contributed by atoms with van der Waals surface area (Å²) in [6.07, 6.45) is 0.575. The van der Waals surface area contributed by atoms with Gasteiger partial charge in [-0.2, -0.15) is 0 Å². The van der Waals surface area contributed by atoms with Gasteiger partial charge in [0.2, 0.25) is 0 Å². The Kier molecular flexibility index (Phi) is 5.73. The lowest BCUT2D eigenvalue weighted by Crippen LogP contribution is -2.26. The molecular formula is C16H22N2O2S. The van der Waals surface area contributed by atoms with Crippen molar-refractivity contribution in [1.82, 2.24) is 10.3 Å². The average Bonchev–Trinajstić information content (AvgIpc) is 2.92. The van der Waals surface area contributed by atoms with E-state index in [1.54, 1.807) is 25.4 Å². The van der Waals surface area contributed by atoms with Gasteiger partial charge in [0.1, 0.15) is 5.75 Å². The molecule has 0 fully saturated rings. The largest absolute Gasteiger partial charge is 0.496 e. The van der Waals surface area contributed by atoms with Gasteiger partial charge in [-0.25, -0.2) is 4.98 Å². The minimum absolute atomic E-state index is 0.306. The predicted octanol–water partition coefficient (Wildman–Crippen LogP) is 2.64. The summed E-state index contributed by atoms with van der Waals surface area (Å²) >= 11 is 1.67. The molecule has 0 bridgehead atoms. The van der Waals surface area contributed by atoms with Gasteiger partial charge in [0.25, 0.3) is 0 Å². The van der Waals surface area contributed by atoms with Crippen LogP contribution >= 0.6 is 11.3 Å². The molecule has 2 rings (SSSR count). The highest BCUT2D eigenvalue weighted by atomic mass is 32.1. The third-order valence-corrected chi connectivity index (χ3v) is 4.11. The van der Waals surface area contributed by atoms with Gasteiger partial charge in [-0.1, -0.05) is 0 Å². The van der Waals surface area contributed by atoms with E-state index in [9.17, 15) is 5.11 Å². The van der Waals surface area contributed by atoms with Crippen LogP contribution in [0.4, 0.5) is 0 Å². The number of hydrogen-bond acceptors (Lipinski definition) is 5.